The molecule has 0 radical (unpaired) electrons. The molecule has 0 aliphatic carbocycles. The van der Waals surface area contributed by atoms with E-state index in [1.807, 2.05) is 4.72 Å². The van der Waals surface area contributed by atoms with E-state index in [2.05, 4.69) is 0 Å². The first-order chi connectivity index (χ1) is 7.90. The standard InChI is InChI=1S/C9H13FN2O4S/c10-8-3-6(11)1-2-9(8)17(15,16)12-7(4-13)5-14/h1-3,7,12-14H,4-5,11H2. The molecular weight excluding hydrogens is 251 g/mol. The third kappa shape index (κ3) is 3.37. The number of nitrogens with two attached hydrogens (primary N) is 1. The number of aliphatic hydroxyl groups excluding tert-OH is 2. The third-order valence-electron chi connectivity index (χ3n) is 2.01. The lowest BCUT2D eigenvalue weighted by Gasteiger charge is -2.14. The fraction of sp³-hybridized carbons (Fsp3) is 0.333. The quantitative estimate of drug-likeness (QED) is 0.512. The van der Waals surface area contributed by atoms with Crippen molar-refractivity contribution in [2.45, 2.75) is 10.9 Å². The van der Waals surface area contributed by atoms with E-state index in [-0.39, 0.29) is 5.69 Å². The maximum atomic E-state index is 13.4. The summed E-state index contributed by atoms with van der Waals surface area (Å²) in [5.74, 6) is -0.993. The van der Waals surface area contributed by atoms with Crippen molar-refractivity contribution in [1.29, 1.82) is 0 Å². The number of nitrogens with one attached hydrogen (secondary N) is 1. The Morgan fingerprint density at radius 1 is 1.35 bits per heavy atom. The number of sulfonamides is 1. The zero-order valence-electron chi connectivity index (χ0n) is 8.80. The van der Waals surface area contributed by atoms with Crippen LogP contribution in [0.2, 0.25) is 0 Å². The lowest BCUT2D eigenvalue weighted by molar-refractivity contribution is 0.185. The van der Waals surface area contributed by atoms with Crippen molar-refractivity contribution >= 4 is 15.7 Å². The van der Waals surface area contributed by atoms with E-state index in [0.717, 1.165) is 12.1 Å². The molecule has 0 bridgehead atoms. The number of halogens is 1. The normalized spacial score (nSPS) is 12.0. The van der Waals surface area contributed by atoms with Crippen molar-refractivity contribution in [3.63, 3.8) is 0 Å². The molecule has 0 saturated carbocycles. The monoisotopic (exact) mass is 264 g/mol. The molecule has 0 heterocycles. The summed E-state index contributed by atoms with van der Waals surface area (Å²) in [5.41, 5.74) is 5.39. The molecule has 0 amide bonds. The summed E-state index contributed by atoms with van der Waals surface area (Å²) < 4.78 is 38.7. The number of aliphatic hydroxyl groups is 2. The Labute approximate surface area is 97.9 Å². The SMILES string of the molecule is Nc1ccc(S(=O)(=O)NC(CO)CO)c(F)c1. The minimum absolute atomic E-state index is 0.0994. The van der Waals surface area contributed by atoms with Crippen LogP contribution in [0.15, 0.2) is 23.1 Å². The van der Waals surface area contributed by atoms with E-state index in [0.29, 0.717) is 0 Å². The van der Waals surface area contributed by atoms with E-state index in [1.165, 1.54) is 6.07 Å². The van der Waals surface area contributed by atoms with Gasteiger partial charge < -0.3 is 15.9 Å². The van der Waals surface area contributed by atoms with E-state index < -0.39 is 40.0 Å². The van der Waals surface area contributed by atoms with Gasteiger partial charge in [0.25, 0.3) is 0 Å². The molecule has 17 heavy (non-hydrogen) atoms. The van der Waals surface area contributed by atoms with E-state index in [1.54, 1.807) is 0 Å². The molecule has 8 heteroatoms. The van der Waals surface area contributed by atoms with E-state index >= 15 is 0 Å². The Morgan fingerprint density at radius 3 is 2.41 bits per heavy atom. The molecule has 1 aromatic rings. The molecule has 0 fully saturated rings. The Bertz CT molecular complexity index is 488. The minimum atomic E-state index is -4.13. The van der Waals surface area contributed by atoms with Gasteiger partial charge in [-0.05, 0) is 18.2 Å². The minimum Gasteiger partial charge on any atom is -0.399 e. The predicted octanol–water partition coefficient (Wildman–Crippen LogP) is -0.961. The molecule has 1 rings (SSSR count). The highest BCUT2D eigenvalue weighted by Gasteiger charge is 2.22. The fourth-order valence-corrected chi connectivity index (χ4v) is 2.43. The summed E-state index contributed by atoms with van der Waals surface area (Å²) in [5, 5.41) is 17.5. The Hall–Kier alpha value is -1.22. The van der Waals surface area contributed by atoms with E-state index in [4.69, 9.17) is 15.9 Å². The third-order valence-corrected chi connectivity index (χ3v) is 3.56. The van der Waals surface area contributed by atoms with Gasteiger partial charge in [0.05, 0.1) is 19.3 Å². The highest BCUT2D eigenvalue weighted by atomic mass is 32.2. The van der Waals surface area contributed by atoms with Crippen LogP contribution in [0, 0.1) is 5.82 Å². The molecule has 6 nitrogen and oxygen atoms in total. The molecule has 0 aliphatic heterocycles. The van der Waals surface area contributed by atoms with Gasteiger partial charge >= 0.3 is 0 Å². The number of nitrogen functional groups attached to an aromatic ring is 1. The van der Waals surface area contributed by atoms with Crippen LogP contribution in [0.1, 0.15) is 0 Å². The molecular formula is C9H13FN2O4S. The average molecular weight is 264 g/mol. The van der Waals surface area contributed by atoms with Crippen LogP contribution >= 0.6 is 0 Å². The summed E-state index contributed by atoms with van der Waals surface area (Å²) >= 11 is 0. The molecule has 0 aromatic heterocycles. The topological polar surface area (TPSA) is 113 Å². The van der Waals surface area contributed by atoms with E-state index in [9.17, 15) is 12.8 Å². The van der Waals surface area contributed by atoms with Crippen molar-refractivity contribution in [3.8, 4) is 0 Å². The zero-order valence-corrected chi connectivity index (χ0v) is 9.61. The number of rotatable bonds is 5. The molecule has 1 aromatic carbocycles. The molecule has 0 spiro atoms. The van der Waals surface area contributed by atoms with Gasteiger partial charge in [-0.3, -0.25) is 0 Å². The van der Waals surface area contributed by atoms with Crippen LogP contribution in [0.3, 0.4) is 0 Å². The molecule has 0 atom stereocenters. The number of hydrogen-bond donors (Lipinski definition) is 4. The van der Waals surface area contributed by atoms with Crippen LogP contribution in [0.5, 0.6) is 0 Å². The highest BCUT2D eigenvalue weighted by molar-refractivity contribution is 7.89. The van der Waals surface area contributed by atoms with Crippen molar-refractivity contribution < 1.29 is 23.0 Å². The lowest BCUT2D eigenvalue weighted by Crippen LogP contribution is -2.40. The average Bonchev–Trinajstić information content (AvgIpc) is 2.25. The van der Waals surface area contributed by atoms with Crippen molar-refractivity contribution in [2.75, 3.05) is 18.9 Å². The lowest BCUT2D eigenvalue weighted by atomic mass is 10.3. The summed E-state index contributed by atoms with van der Waals surface area (Å²) in [4.78, 5) is -0.585. The highest BCUT2D eigenvalue weighted by Crippen LogP contribution is 2.17. The van der Waals surface area contributed by atoms with Gasteiger partial charge in [0.2, 0.25) is 10.0 Å². The first-order valence-electron chi connectivity index (χ1n) is 4.69. The first-order valence-corrected chi connectivity index (χ1v) is 6.18. The number of anilines is 1. The second-order valence-electron chi connectivity index (χ2n) is 3.37. The maximum Gasteiger partial charge on any atom is 0.243 e. The molecule has 96 valence electrons. The summed E-state index contributed by atoms with van der Waals surface area (Å²) in [6.07, 6.45) is 0. The van der Waals surface area contributed by atoms with Crippen LogP contribution in [0.4, 0.5) is 10.1 Å². The van der Waals surface area contributed by atoms with Gasteiger partial charge in [-0.25, -0.2) is 17.5 Å². The first kappa shape index (κ1) is 13.8. The predicted molar refractivity (Wildman–Crippen MR) is 59.1 cm³/mol. The van der Waals surface area contributed by atoms with Crippen LogP contribution in [-0.4, -0.2) is 37.9 Å². The van der Waals surface area contributed by atoms with Gasteiger partial charge in [0.15, 0.2) is 0 Å². The van der Waals surface area contributed by atoms with Crippen LogP contribution in [0.25, 0.3) is 0 Å². The Morgan fingerprint density at radius 2 is 1.94 bits per heavy atom. The molecule has 5 N–H and O–H groups in total. The zero-order chi connectivity index (χ0) is 13.1. The van der Waals surface area contributed by atoms with Crippen molar-refractivity contribution in [2.24, 2.45) is 0 Å². The maximum absolute atomic E-state index is 13.4. The van der Waals surface area contributed by atoms with Crippen molar-refractivity contribution in [1.82, 2.24) is 4.72 Å². The van der Waals surface area contributed by atoms with Crippen molar-refractivity contribution in [3.05, 3.63) is 24.0 Å². The molecule has 0 unspecified atom stereocenters. The van der Waals surface area contributed by atoms with Gasteiger partial charge in [0, 0.05) is 5.69 Å². The van der Waals surface area contributed by atoms with Crippen LogP contribution in [-0.2, 0) is 10.0 Å². The van der Waals surface area contributed by atoms with Crippen LogP contribution < -0.4 is 10.5 Å². The second-order valence-corrected chi connectivity index (χ2v) is 5.06. The fourth-order valence-electron chi connectivity index (χ4n) is 1.15. The van der Waals surface area contributed by atoms with Gasteiger partial charge in [-0.2, -0.15) is 0 Å². The Balaban J connectivity index is 3.05. The van der Waals surface area contributed by atoms with Gasteiger partial charge in [-0.1, -0.05) is 0 Å². The molecule has 0 saturated heterocycles. The summed E-state index contributed by atoms with van der Waals surface area (Å²) in [6, 6.07) is 2.06. The van der Waals surface area contributed by atoms with Gasteiger partial charge in [0.1, 0.15) is 10.7 Å². The summed E-state index contributed by atoms with van der Waals surface area (Å²) in [6.45, 7) is -1.18. The molecule has 0 aliphatic rings. The second kappa shape index (κ2) is 5.41. The largest absolute Gasteiger partial charge is 0.399 e. The Kier molecular flexibility index (Phi) is 4.40. The number of benzene rings is 1. The smallest absolute Gasteiger partial charge is 0.243 e. The van der Waals surface area contributed by atoms with Gasteiger partial charge in [-0.15, -0.1) is 0 Å². The summed E-state index contributed by atoms with van der Waals surface area (Å²) in [7, 11) is -4.13. The number of hydrogen-bond acceptors (Lipinski definition) is 5.